The lowest BCUT2D eigenvalue weighted by Crippen LogP contribution is -2.30. The van der Waals surface area contributed by atoms with Crippen LogP contribution in [0.2, 0.25) is 0 Å². The number of ether oxygens (including phenoxy) is 1. The van der Waals surface area contributed by atoms with Crippen molar-refractivity contribution in [3.63, 3.8) is 0 Å². The third kappa shape index (κ3) is 3.59. The van der Waals surface area contributed by atoms with Gasteiger partial charge in [-0.1, -0.05) is 48.5 Å². The van der Waals surface area contributed by atoms with Crippen LogP contribution in [-0.2, 0) is 4.74 Å². The van der Waals surface area contributed by atoms with Crippen LogP contribution in [-0.4, -0.2) is 35.7 Å². The fourth-order valence-corrected chi connectivity index (χ4v) is 3.89. The van der Waals surface area contributed by atoms with Crippen molar-refractivity contribution in [3.05, 3.63) is 93.5 Å². The molecule has 3 aromatic rings. The van der Waals surface area contributed by atoms with Gasteiger partial charge in [0.25, 0.3) is 5.69 Å². The van der Waals surface area contributed by atoms with Crippen LogP contribution in [0, 0.1) is 10.1 Å². The number of hydrogen-bond acceptors (Lipinski definition) is 5. The lowest BCUT2D eigenvalue weighted by molar-refractivity contribution is -0.384. The molecule has 0 radical (unpaired) electrons. The molecule has 156 valence electrons. The predicted octanol–water partition coefficient (Wildman–Crippen LogP) is 4.68. The summed E-state index contributed by atoms with van der Waals surface area (Å²) in [5, 5.41) is 20.4. The molecule has 0 aromatic heterocycles. The minimum Gasteiger partial charge on any atom is -0.478 e. The second-order valence-electron chi connectivity index (χ2n) is 7.13. The highest BCUT2D eigenvalue weighted by Gasteiger charge is 2.30. The van der Waals surface area contributed by atoms with Gasteiger partial charge in [-0.2, -0.15) is 0 Å². The average Bonchev–Trinajstić information content (AvgIpc) is 3.10. The maximum atomic E-state index is 12.7. The Hall–Kier alpha value is -4.20. The quantitative estimate of drug-likeness (QED) is 0.476. The van der Waals surface area contributed by atoms with Crippen molar-refractivity contribution in [1.82, 2.24) is 0 Å². The second-order valence-corrected chi connectivity index (χ2v) is 7.13. The van der Waals surface area contributed by atoms with Gasteiger partial charge in [-0.25, -0.2) is 9.59 Å². The Morgan fingerprint density at radius 1 is 1.03 bits per heavy atom. The van der Waals surface area contributed by atoms with Gasteiger partial charge in [0.2, 0.25) is 0 Å². The molecule has 4 rings (SSSR count). The van der Waals surface area contributed by atoms with E-state index in [-0.39, 0.29) is 29.5 Å². The summed E-state index contributed by atoms with van der Waals surface area (Å²) in [6.45, 7) is 0.0760. The first-order chi connectivity index (χ1) is 14.9. The number of benzene rings is 3. The highest BCUT2D eigenvalue weighted by atomic mass is 16.6. The standard InChI is InChI=1S/C23H18N2O6/c1-24(21-11-10-14(25(29)30)12-19(21)22(26)27)23(28)31-13-20-17-8-4-2-6-15(17)16-7-3-5-9-18(16)20/h2-12,20H,13H2,1H3,(H,26,27). The summed E-state index contributed by atoms with van der Waals surface area (Å²) in [5.41, 5.74) is 3.58. The van der Waals surface area contributed by atoms with Crippen molar-refractivity contribution in [2.45, 2.75) is 5.92 Å². The van der Waals surface area contributed by atoms with Crippen LogP contribution in [0.4, 0.5) is 16.2 Å². The summed E-state index contributed by atoms with van der Waals surface area (Å²) >= 11 is 0. The summed E-state index contributed by atoms with van der Waals surface area (Å²) < 4.78 is 5.53. The molecule has 0 fully saturated rings. The summed E-state index contributed by atoms with van der Waals surface area (Å²) in [6.07, 6.45) is -0.752. The molecule has 1 aliphatic carbocycles. The fourth-order valence-electron chi connectivity index (χ4n) is 3.89. The molecule has 1 amide bonds. The molecule has 0 spiro atoms. The van der Waals surface area contributed by atoms with Crippen molar-refractivity contribution in [3.8, 4) is 11.1 Å². The number of rotatable bonds is 5. The molecule has 0 heterocycles. The Morgan fingerprint density at radius 2 is 1.61 bits per heavy atom. The second kappa shape index (κ2) is 7.91. The van der Waals surface area contributed by atoms with Gasteiger partial charge in [0.05, 0.1) is 16.2 Å². The van der Waals surface area contributed by atoms with Crippen LogP contribution < -0.4 is 4.90 Å². The summed E-state index contributed by atoms with van der Waals surface area (Å²) in [6, 6.07) is 19.1. The van der Waals surface area contributed by atoms with Crippen molar-refractivity contribution in [2.75, 3.05) is 18.6 Å². The Morgan fingerprint density at radius 3 is 2.16 bits per heavy atom. The van der Waals surface area contributed by atoms with Crippen LogP contribution in [0.15, 0.2) is 66.7 Å². The molecule has 0 saturated carbocycles. The molecule has 0 bridgehead atoms. The van der Waals surface area contributed by atoms with Crippen molar-refractivity contribution >= 4 is 23.4 Å². The third-order valence-electron chi connectivity index (χ3n) is 5.39. The van der Waals surface area contributed by atoms with E-state index in [2.05, 4.69) is 0 Å². The van der Waals surface area contributed by atoms with E-state index in [1.807, 2.05) is 48.5 Å². The Labute approximate surface area is 177 Å². The topological polar surface area (TPSA) is 110 Å². The molecule has 1 N–H and O–H groups in total. The normalized spacial score (nSPS) is 12.0. The third-order valence-corrected chi connectivity index (χ3v) is 5.39. The number of nitro groups is 1. The molecule has 1 aliphatic rings. The monoisotopic (exact) mass is 418 g/mol. The molecule has 0 aliphatic heterocycles. The van der Waals surface area contributed by atoms with Gasteiger partial charge < -0.3 is 9.84 Å². The van der Waals surface area contributed by atoms with Gasteiger partial charge in [-0.3, -0.25) is 15.0 Å². The van der Waals surface area contributed by atoms with E-state index >= 15 is 0 Å². The number of aromatic carboxylic acids is 1. The highest BCUT2D eigenvalue weighted by Crippen LogP contribution is 2.44. The molecule has 0 unspecified atom stereocenters. The van der Waals surface area contributed by atoms with E-state index in [0.29, 0.717) is 0 Å². The Balaban J connectivity index is 1.56. The van der Waals surface area contributed by atoms with E-state index in [0.717, 1.165) is 39.3 Å². The largest absolute Gasteiger partial charge is 0.478 e. The number of non-ortho nitro benzene ring substituents is 1. The number of hydrogen-bond donors (Lipinski definition) is 1. The number of carboxylic acid groups (broad SMARTS) is 1. The lowest BCUT2D eigenvalue weighted by atomic mass is 9.98. The number of anilines is 1. The first-order valence-corrected chi connectivity index (χ1v) is 9.49. The summed E-state index contributed by atoms with van der Waals surface area (Å²) in [4.78, 5) is 35.6. The Bertz CT molecular complexity index is 1160. The first-order valence-electron chi connectivity index (χ1n) is 9.49. The molecule has 8 heteroatoms. The van der Waals surface area contributed by atoms with Gasteiger partial charge in [-0.15, -0.1) is 0 Å². The molecule has 31 heavy (non-hydrogen) atoms. The summed E-state index contributed by atoms with van der Waals surface area (Å²) in [7, 11) is 1.37. The SMILES string of the molecule is CN(C(=O)OCC1c2ccccc2-c2ccccc21)c1ccc([N+](=O)[O-])cc1C(=O)O. The zero-order valence-electron chi connectivity index (χ0n) is 16.5. The first kappa shape index (κ1) is 20.1. The number of fused-ring (bicyclic) bond motifs is 3. The maximum Gasteiger partial charge on any atom is 0.414 e. The summed E-state index contributed by atoms with van der Waals surface area (Å²) in [5.74, 6) is -1.52. The van der Waals surface area contributed by atoms with Crippen LogP contribution in [0.5, 0.6) is 0 Å². The number of nitro benzene ring substituents is 1. The molecular weight excluding hydrogens is 400 g/mol. The molecular formula is C23H18N2O6. The molecule has 0 saturated heterocycles. The van der Waals surface area contributed by atoms with Crippen molar-refractivity contribution in [2.24, 2.45) is 0 Å². The fraction of sp³-hybridized carbons (Fsp3) is 0.130. The van der Waals surface area contributed by atoms with E-state index in [1.54, 1.807) is 0 Å². The lowest BCUT2D eigenvalue weighted by Gasteiger charge is -2.21. The molecule has 3 aromatic carbocycles. The maximum absolute atomic E-state index is 12.7. The number of carboxylic acids is 1. The smallest absolute Gasteiger partial charge is 0.414 e. The minimum atomic E-state index is -1.38. The number of carbonyl (C=O) groups excluding carboxylic acids is 1. The predicted molar refractivity (Wildman–Crippen MR) is 114 cm³/mol. The van der Waals surface area contributed by atoms with Gasteiger partial charge >= 0.3 is 12.1 Å². The average molecular weight is 418 g/mol. The van der Waals surface area contributed by atoms with E-state index < -0.39 is 17.0 Å². The van der Waals surface area contributed by atoms with E-state index in [1.165, 1.54) is 13.1 Å². The molecule has 0 atom stereocenters. The van der Waals surface area contributed by atoms with Gasteiger partial charge in [0, 0.05) is 25.1 Å². The van der Waals surface area contributed by atoms with Crippen LogP contribution >= 0.6 is 0 Å². The number of nitrogens with zero attached hydrogens (tertiary/aromatic N) is 2. The zero-order chi connectivity index (χ0) is 22.1. The van der Waals surface area contributed by atoms with Crippen LogP contribution in [0.25, 0.3) is 11.1 Å². The van der Waals surface area contributed by atoms with Crippen LogP contribution in [0.1, 0.15) is 27.4 Å². The zero-order valence-corrected chi connectivity index (χ0v) is 16.5. The number of amides is 1. The van der Waals surface area contributed by atoms with Crippen LogP contribution in [0.3, 0.4) is 0 Å². The van der Waals surface area contributed by atoms with E-state index in [9.17, 15) is 24.8 Å². The van der Waals surface area contributed by atoms with Gasteiger partial charge in [0.15, 0.2) is 0 Å². The van der Waals surface area contributed by atoms with Crippen molar-refractivity contribution < 1.29 is 24.4 Å². The van der Waals surface area contributed by atoms with Crippen molar-refractivity contribution in [1.29, 1.82) is 0 Å². The van der Waals surface area contributed by atoms with Gasteiger partial charge in [-0.05, 0) is 28.3 Å². The van der Waals surface area contributed by atoms with E-state index in [4.69, 9.17) is 4.74 Å². The molecule has 8 nitrogen and oxygen atoms in total. The number of carbonyl (C=O) groups is 2. The van der Waals surface area contributed by atoms with Gasteiger partial charge in [0.1, 0.15) is 6.61 Å². The highest BCUT2D eigenvalue weighted by molar-refractivity contribution is 6.00. The Kier molecular flexibility index (Phi) is 5.12. The minimum absolute atomic E-state index is 0.00956.